The molecule has 26 heavy (non-hydrogen) atoms. The van der Waals surface area contributed by atoms with Crippen LogP contribution in [0.5, 0.6) is 0 Å². The number of anilines is 1. The number of amides is 1. The van der Waals surface area contributed by atoms with E-state index in [2.05, 4.69) is 42.0 Å². The number of aryl methyl sites for hydroxylation is 1. The van der Waals surface area contributed by atoms with Gasteiger partial charge in [-0.3, -0.25) is 9.48 Å². The van der Waals surface area contributed by atoms with E-state index in [0.717, 1.165) is 22.4 Å². The van der Waals surface area contributed by atoms with E-state index >= 15 is 0 Å². The van der Waals surface area contributed by atoms with Crippen LogP contribution in [-0.2, 0) is 18.4 Å². The Balaban J connectivity index is 0.00000338. The highest BCUT2D eigenvalue weighted by Crippen LogP contribution is 2.14. The van der Waals surface area contributed by atoms with Gasteiger partial charge in [-0.1, -0.05) is 15.9 Å². The Hall–Kier alpha value is -1.62. The molecule has 0 spiro atoms. The highest BCUT2D eigenvalue weighted by molar-refractivity contribution is 14.0. The highest BCUT2D eigenvalue weighted by Gasteiger charge is 2.04. The molecule has 0 aliphatic heterocycles. The molecule has 0 aliphatic carbocycles. The number of carbonyl (C=O) groups excluding carboxylic acids is 1. The molecule has 0 atom stereocenters. The van der Waals surface area contributed by atoms with Crippen LogP contribution < -0.4 is 16.0 Å². The fraction of sp³-hybridized carbons (Fsp3) is 0.353. The van der Waals surface area contributed by atoms with Crippen LogP contribution in [0.4, 0.5) is 5.69 Å². The number of hydrogen-bond donors (Lipinski definition) is 3. The van der Waals surface area contributed by atoms with Gasteiger partial charge in [-0.25, -0.2) is 4.99 Å². The lowest BCUT2D eigenvalue weighted by molar-refractivity contribution is -0.116. The van der Waals surface area contributed by atoms with E-state index < -0.39 is 0 Å². The molecule has 0 fully saturated rings. The first kappa shape index (κ1) is 22.4. The predicted molar refractivity (Wildman–Crippen MR) is 119 cm³/mol. The molecular formula is C17H24BrIN6O. The topological polar surface area (TPSA) is 83.3 Å². The van der Waals surface area contributed by atoms with E-state index in [1.165, 1.54) is 0 Å². The van der Waals surface area contributed by atoms with Gasteiger partial charge in [-0.15, -0.1) is 24.0 Å². The molecule has 0 saturated heterocycles. The van der Waals surface area contributed by atoms with Gasteiger partial charge in [0.05, 0.1) is 12.2 Å². The van der Waals surface area contributed by atoms with Crippen molar-refractivity contribution in [2.24, 2.45) is 12.0 Å². The predicted octanol–water partition coefficient (Wildman–Crippen LogP) is 2.88. The standard InChI is InChI=1S/C17H23BrN6O.HI/c1-3-19-17(21-12-15-8-11-22-24(15)2)20-10-9-16(25)23-14-6-4-13(18)5-7-14;/h4-8,11H,3,9-10,12H2,1-2H3,(H,23,25)(H2,19,20,21);1H. The van der Waals surface area contributed by atoms with Crippen LogP contribution in [0.2, 0.25) is 0 Å². The van der Waals surface area contributed by atoms with Crippen molar-refractivity contribution in [2.75, 3.05) is 18.4 Å². The summed E-state index contributed by atoms with van der Waals surface area (Å²) in [6.45, 7) is 3.78. The van der Waals surface area contributed by atoms with Crippen molar-refractivity contribution >= 4 is 57.5 Å². The number of nitrogens with one attached hydrogen (secondary N) is 3. The second kappa shape index (κ2) is 11.9. The third-order valence-electron chi connectivity index (χ3n) is 3.44. The zero-order valence-corrected chi connectivity index (χ0v) is 18.7. The van der Waals surface area contributed by atoms with E-state index in [1.807, 2.05) is 44.3 Å². The molecule has 0 bridgehead atoms. The third-order valence-corrected chi connectivity index (χ3v) is 3.97. The number of nitrogens with zero attached hydrogens (tertiary/aromatic N) is 3. The summed E-state index contributed by atoms with van der Waals surface area (Å²) < 4.78 is 2.77. The average Bonchev–Trinajstić information content (AvgIpc) is 3.00. The molecule has 7 nitrogen and oxygen atoms in total. The van der Waals surface area contributed by atoms with Gasteiger partial charge >= 0.3 is 0 Å². The van der Waals surface area contributed by atoms with Gasteiger partial charge in [0.2, 0.25) is 5.91 Å². The summed E-state index contributed by atoms with van der Waals surface area (Å²) in [6.07, 6.45) is 2.10. The quantitative estimate of drug-likeness (QED) is 0.290. The zero-order chi connectivity index (χ0) is 18.1. The number of aliphatic imine (C=N–C) groups is 1. The van der Waals surface area contributed by atoms with Crippen LogP contribution >= 0.6 is 39.9 Å². The minimum atomic E-state index is -0.0442. The second-order valence-corrected chi connectivity index (χ2v) is 6.29. The van der Waals surface area contributed by atoms with Crippen LogP contribution in [0.15, 0.2) is 46.0 Å². The summed E-state index contributed by atoms with van der Waals surface area (Å²) in [5.41, 5.74) is 1.80. The number of hydrogen-bond acceptors (Lipinski definition) is 3. The van der Waals surface area contributed by atoms with E-state index in [1.54, 1.807) is 10.9 Å². The molecule has 1 amide bonds. The Morgan fingerprint density at radius 2 is 1.96 bits per heavy atom. The largest absolute Gasteiger partial charge is 0.357 e. The second-order valence-electron chi connectivity index (χ2n) is 5.37. The molecule has 2 aromatic rings. The van der Waals surface area contributed by atoms with Gasteiger partial charge in [0.25, 0.3) is 0 Å². The van der Waals surface area contributed by atoms with Crippen molar-refractivity contribution in [3.05, 3.63) is 46.7 Å². The van der Waals surface area contributed by atoms with Gasteiger partial charge in [0.1, 0.15) is 0 Å². The third kappa shape index (κ3) is 7.73. The van der Waals surface area contributed by atoms with Gasteiger partial charge in [0, 0.05) is 42.9 Å². The maximum absolute atomic E-state index is 12.0. The first-order valence-electron chi connectivity index (χ1n) is 8.13. The van der Waals surface area contributed by atoms with Crippen molar-refractivity contribution in [1.29, 1.82) is 0 Å². The molecule has 1 aromatic heterocycles. The monoisotopic (exact) mass is 534 g/mol. The maximum Gasteiger partial charge on any atom is 0.226 e. The molecule has 0 radical (unpaired) electrons. The Morgan fingerprint density at radius 3 is 2.58 bits per heavy atom. The Labute approximate surface area is 179 Å². The minimum Gasteiger partial charge on any atom is -0.357 e. The van der Waals surface area contributed by atoms with Gasteiger partial charge in [0.15, 0.2) is 5.96 Å². The summed E-state index contributed by atoms with van der Waals surface area (Å²) in [6, 6.07) is 9.42. The molecule has 1 heterocycles. The minimum absolute atomic E-state index is 0. The molecule has 0 saturated carbocycles. The van der Waals surface area contributed by atoms with Crippen LogP contribution in [0, 0.1) is 0 Å². The molecule has 3 N–H and O–H groups in total. The summed E-state index contributed by atoms with van der Waals surface area (Å²) in [5, 5.41) is 13.3. The Morgan fingerprint density at radius 1 is 1.23 bits per heavy atom. The number of carbonyl (C=O) groups is 1. The number of aromatic nitrogens is 2. The molecule has 0 aliphatic rings. The van der Waals surface area contributed by atoms with Crippen molar-refractivity contribution < 1.29 is 4.79 Å². The SMILES string of the molecule is CCNC(=NCc1ccnn1C)NCCC(=O)Nc1ccc(Br)cc1.I. The Bertz CT molecular complexity index is 716. The fourth-order valence-electron chi connectivity index (χ4n) is 2.11. The summed E-state index contributed by atoms with van der Waals surface area (Å²) in [4.78, 5) is 16.5. The van der Waals surface area contributed by atoms with Gasteiger partial charge < -0.3 is 16.0 Å². The number of benzene rings is 1. The first-order chi connectivity index (χ1) is 12.1. The molecule has 142 valence electrons. The average molecular weight is 535 g/mol. The molecule has 1 aromatic carbocycles. The Kier molecular flexibility index (Phi) is 10.3. The van der Waals surface area contributed by atoms with Crippen molar-refractivity contribution in [3.8, 4) is 0 Å². The summed E-state index contributed by atoms with van der Waals surface area (Å²) in [7, 11) is 1.89. The normalized spacial score (nSPS) is 10.8. The lowest BCUT2D eigenvalue weighted by Crippen LogP contribution is -2.38. The van der Waals surface area contributed by atoms with Crippen LogP contribution in [0.1, 0.15) is 19.0 Å². The van der Waals surface area contributed by atoms with Crippen molar-refractivity contribution in [1.82, 2.24) is 20.4 Å². The lowest BCUT2D eigenvalue weighted by atomic mass is 10.3. The number of halogens is 2. The van der Waals surface area contributed by atoms with E-state index in [4.69, 9.17) is 0 Å². The highest BCUT2D eigenvalue weighted by atomic mass is 127. The lowest BCUT2D eigenvalue weighted by Gasteiger charge is -2.11. The van der Waals surface area contributed by atoms with Crippen molar-refractivity contribution in [2.45, 2.75) is 19.9 Å². The fourth-order valence-corrected chi connectivity index (χ4v) is 2.37. The molecule has 0 unspecified atom stereocenters. The van der Waals surface area contributed by atoms with Crippen LogP contribution in [0.25, 0.3) is 0 Å². The van der Waals surface area contributed by atoms with E-state index in [-0.39, 0.29) is 29.9 Å². The number of guanidine groups is 1. The zero-order valence-electron chi connectivity index (χ0n) is 14.8. The molecule has 2 rings (SSSR count). The number of rotatable bonds is 7. The molecular weight excluding hydrogens is 511 g/mol. The summed E-state index contributed by atoms with van der Waals surface area (Å²) >= 11 is 3.37. The van der Waals surface area contributed by atoms with Crippen molar-refractivity contribution in [3.63, 3.8) is 0 Å². The maximum atomic E-state index is 12.0. The summed E-state index contributed by atoms with van der Waals surface area (Å²) in [5.74, 6) is 0.637. The van der Waals surface area contributed by atoms with E-state index in [9.17, 15) is 4.79 Å². The van der Waals surface area contributed by atoms with Gasteiger partial charge in [-0.05, 0) is 37.3 Å². The smallest absolute Gasteiger partial charge is 0.226 e. The van der Waals surface area contributed by atoms with Gasteiger partial charge in [-0.2, -0.15) is 5.10 Å². The van der Waals surface area contributed by atoms with Crippen LogP contribution in [-0.4, -0.2) is 34.7 Å². The van der Waals surface area contributed by atoms with E-state index in [0.29, 0.717) is 25.5 Å². The van der Waals surface area contributed by atoms with Crippen LogP contribution in [0.3, 0.4) is 0 Å². The molecule has 9 heteroatoms. The first-order valence-corrected chi connectivity index (χ1v) is 8.92.